The monoisotopic (exact) mass is 274 g/mol. The molecule has 3 rings (SSSR count). The van der Waals surface area contributed by atoms with Gasteiger partial charge in [-0.2, -0.15) is 0 Å². The minimum atomic E-state index is 0. The number of nitrogens with zero attached hydrogens (tertiary/aromatic N) is 1. The molecule has 1 aliphatic carbocycles. The Morgan fingerprint density at radius 1 is 1.06 bits per heavy atom. The van der Waals surface area contributed by atoms with Crippen LogP contribution in [0.1, 0.15) is 17.5 Å². The summed E-state index contributed by atoms with van der Waals surface area (Å²) in [7, 11) is 0. The molecule has 17 heavy (non-hydrogen) atoms. The van der Waals surface area contributed by atoms with Gasteiger partial charge in [-0.05, 0) is 30.4 Å². The number of benzene rings is 1. The van der Waals surface area contributed by atoms with Crippen LogP contribution in [-0.4, -0.2) is 30.1 Å². The van der Waals surface area contributed by atoms with Gasteiger partial charge in [-0.25, -0.2) is 0 Å². The van der Waals surface area contributed by atoms with Gasteiger partial charge in [0.1, 0.15) is 0 Å². The lowest BCUT2D eigenvalue weighted by atomic mass is 10.1. The second-order valence-electron chi connectivity index (χ2n) is 4.87. The van der Waals surface area contributed by atoms with Crippen molar-refractivity contribution < 1.29 is 0 Å². The van der Waals surface area contributed by atoms with E-state index in [0.29, 0.717) is 6.04 Å². The minimum absolute atomic E-state index is 0. The van der Waals surface area contributed by atoms with E-state index >= 15 is 0 Å². The molecular formula is C13H20Cl2N2. The Morgan fingerprint density at radius 3 is 2.12 bits per heavy atom. The van der Waals surface area contributed by atoms with Crippen molar-refractivity contribution in [3.05, 3.63) is 35.4 Å². The minimum Gasteiger partial charge on any atom is -0.326 e. The first-order valence-electron chi connectivity index (χ1n) is 5.89. The highest BCUT2D eigenvalue weighted by Gasteiger charge is 2.30. The second-order valence-corrected chi connectivity index (χ2v) is 4.87. The Morgan fingerprint density at radius 2 is 1.65 bits per heavy atom. The summed E-state index contributed by atoms with van der Waals surface area (Å²) in [5, 5.41) is 0. The number of fused-ring (bicyclic) bond motifs is 1. The molecule has 0 bridgehead atoms. The van der Waals surface area contributed by atoms with Crippen LogP contribution in [0.4, 0.5) is 0 Å². The molecule has 1 aromatic carbocycles. The molecule has 2 nitrogen and oxygen atoms in total. The SMILES string of the molecule is Cl.Cl.N[C@@H]1CCN(C2Cc3ccccc3C2)C1. The predicted molar refractivity (Wildman–Crippen MR) is 76.3 cm³/mol. The van der Waals surface area contributed by atoms with Crippen LogP contribution < -0.4 is 5.73 Å². The van der Waals surface area contributed by atoms with Crippen molar-refractivity contribution in [2.75, 3.05) is 13.1 Å². The second kappa shape index (κ2) is 6.05. The van der Waals surface area contributed by atoms with Crippen molar-refractivity contribution in [2.45, 2.75) is 31.3 Å². The van der Waals surface area contributed by atoms with E-state index < -0.39 is 0 Å². The van der Waals surface area contributed by atoms with Gasteiger partial charge in [-0.1, -0.05) is 24.3 Å². The molecule has 4 heteroatoms. The van der Waals surface area contributed by atoms with Gasteiger partial charge in [0.2, 0.25) is 0 Å². The average Bonchev–Trinajstić information content (AvgIpc) is 2.82. The van der Waals surface area contributed by atoms with Crippen molar-refractivity contribution in [2.24, 2.45) is 5.73 Å². The fourth-order valence-electron chi connectivity index (χ4n) is 2.94. The van der Waals surface area contributed by atoms with Gasteiger partial charge in [0.15, 0.2) is 0 Å². The molecule has 1 fully saturated rings. The lowest BCUT2D eigenvalue weighted by Crippen LogP contribution is -2.36. The quantitative estimate of drug-likeness (QED) is 0.849. The molecule has 1 heterocycles. The highest BCUT2D eigenvalue weighted by Crippen LogP contribution is 2.27. The van der Waals surface area contributed by atoms with E-state index in [0.717, 1.165) is 12.6 Å². The summed E-state index contributed by atoms with van der Waals surface area (Å²) in [5.41, 5.74) is 9.04. The summed E-state index contributed by atoms with van der Waals surface area (Å²) in [6.07, 6.45) is 3.62. The summed E-state index contributed by atoms with van der Waals surface area (Å²) in [6, 6.07) is 9.97. The van der Waals surface area contributed by atoms with E-state index in [1.807, 2.05) is 0 Å². The smallest absolute Gasteiger partial charge is 0.0180 e. The third-order valence-corrected chi connectivity index (χ3v) is 3.80. The van der Waals surface area contributed by atoms with Gasteiger partial charge in [-0.3, -0.25) is 4.90 Å². The van der Waals surface area contributed by atoms with Crippen molar-refractivity contribution >= 4 is 24.8 Å². The van der Waals surface area contributed by atoms with Crippen LogP contribution in [0, 0.1) is 0 Å². The first-order valence-corrected chi connectivity index (χ1v) is 5.89. The Kier molecular flexibility index (Phi) is 5.26. The normalized spacial score (nSPS) is 23.9. The highest BCUT2D eigenvalue weighted by molar-refractivity contribution is 5.85. The zero-order valence-electron chi connectivity index (χ0n) is 9.84. The van der Waals surface area contributed by atoms with Crippen molar-refractivity contribution in [3.8, 4) is 0 Å². The van der Waals surface area contributed by atoms with E-state index in [1.165, 1.54) is 25.8 Å². The fraction of sp³-hybridized carbons (Fsp3) is 0.538. The third-order valence-electron chi connectivity index (χ3n) is 3.80. The zero-order chi connectivity index (χ0) is 10.3. The van der Waals surface area contributed by atoms with E-state index in [2.05, 4.69) is 29.2 Å². The average molecular weight is 275 g/mol. The third kappa shape index (κ3) is 2.94. The van der Waals surface area contributed by atoms with Crippen LogP contribution in [0.3, 0.4) is 0 Å². The van der Waals surface area contributed by atoms with Crippen LogP contribution in [0.25, 0.3) is 0 Å². The lowest BCUT2D eigenvalue weighted by molar-refractivity contribution is 0.247. The molecule has 1 saturated heterocycles. The molecular weight excluding hydrogens is 255 g/mol. The highest BCUT2D eigenvalue weighted by atomic mass is 35.5. The summed E-state index contributed by atoms with van der Waals surface area (Å²) in [4.78, 5) is 2.57. The molecule has 0 aromatic heterocycles. The first-order chi connectivity index (χ1) is 7.33. The van der Waals surface area contributed by atoms with Crippen LogP contribution in [0.15, 0.2) is 24.3 Å². The number of likely N-dealkylation sites (tertiary alicyclic amines) is 1. The molecule has 2 N–H and O–H groups in total. The summed E-state index contributed by atoms with van der Waals surface area (Å²) >= 11 is 0. The lowest BCUT2D eigenvalue weighted by Gasteiger charge is -2.22. The molecule has 2 aliphatic rings. The molecule has 0 amide bonds. The van der Waals surface area contributed by atoms with E-state index in [-0.39, 0.29) is 24.8 Å². The van der Waals surface area contributed by atoms with Gasteiger partial charge in [-0.15, -0.1) is 24.8 Å². The van der Waals surface area contributed by atoms with E-state index in [1.54, 1.807) is 11.1 Å². The van der Waals surface area contributed by atoms with Crippen molar-refractivity contribution in [1.82, 2.24) is 4.90 Å². The molecule has 96 valence electrons. The maximum Gasteiger partial charge on any atom is 0.0180 e. The van der Waals surface area contributed by atoms with E-state index in [9.17, 15) is 0 Å². The number of hydrogen-bond donors (Lipinski definition) is 1. The number of halogens is 2. The molecule has 0 unspecified atom stereocenters. The largest absolute Gasteiger partial charge is 0.326 e. The predicted octanol–water partition coefficient (Wildman–Crippen LogP) is 2.03. The molecule has 0 spiro atoms. The Labute approximate surface area is 115 Å². The van der Waals surface area contributed by atoms with Gasteiger partial charge in [0, 0.05) is 25.2 Å². The van der Waals surface area contributed by atoms with Gasteiger partial charge in [0.25, 0.3) is 0 Å². The summed E-state index contributed by atoms with van der Waals surface area (Å²) in [5.74, 6) is 0. The van der Waals surface area contributed by atoms with Crippen LogP contribution in [-0.2, 0) is 12.8 Å². The van der Waals surface area contributed by atoms with Gasteiger partial charge in [0.05, 0.1) is 0 Å². The molecule has 0 radical (unpaired) electrons. The Balaban J connectivity index is 0.000000722. The topological polar surface area (TPSA) is 29.3 Å². The number of rotatable bonds is 1. The fourth-order valence-corrected chi connectivity index (χ4v) is 2.94. The van der Waals surface area contributed by atoms with Crippen LogP contribution in [0.2, 0.25) is 0 Å². The standard InChI is InChI=1S/C13H18N2.2ClH/c14-12-5-6-15(9-12)13-7-10-3-1-2-4-11(10)8-13;;/h1-4,12-13H,5-9,14H2;2*1H/t12-;;/m1../s1. The first kappa shape index (κ1) is 14.8. The zero-order valence-corrected chi connectivity index (χ0v) is 11.5. The van der Waals surface area contributed by atoms with E-state index in [4.69, 9.17) is 5.73 Å². The molecule has 1 aliphatic heterocycles. The number of nitrogens with two attached hydrogens (primary N) is 1. The number of hydrogen-bond acceptors (Lipinski definition) is 2. The maximum absolute atomic E-state index is 5.96. The molecule has 1 atom stereocenters. The molecule has 1 aromatic rings. The Hall–Kier alpha value is -0.280. The van der Waals surface area contributed by atoms with Gasteiger partial charge >= 0.3 is 0 Å². The Bertz CT molecular complexity index is 345. The summed E-state index contributed by atoms with van der Waals surface area (Å²) in [6.45, 7) is 2.29. The van der Waals surface area contributed by atoms with Crippen LogP contribution >= 0.6 is 24.8 Å². The van der Waals surface area contributed by atoms with Crippen LogP contribution in [0.5, 0.6) is 0 Å². The van der Waals surface area contributed by atoms with Crippen molar-refractivity contribution in [3.63, 3.8) is 0 Å². The molecule has 0 saturated carbocycles. The maximum atomic E-state index is 5.96. The summed E-state index contributed by atoms with van der Waals surface area (Å²) < 4.78 is 0. The van der Waals surface area contributed by atoms with Gasteiger partial charge < -0.3 is 5.73 Å². The van der Waals surface area contributed by atoms with Crippen molar-refractivity contribution in [1.29, 1.82) is 0 Å².